The van der Waals surface area contributed by atoms with E-state index in [1.54, 1.807) is 0 Å². The SMILES string of the molecule is CC1=C2CCC[C@H](O)[C@@]2(C)C/C(=C\c2ccc(C#CC3=CCCCC3)cc2)C1=O. The second kappa shape index (κ2) is 8.17. The maximum atomic E-state index is 12.9. The molecule has 0 aliphatic heterocycles. The first-order valence-corrected chi connectivity index (χ1v) is 10.9. The quantitative estimate of drug-likeness (QED) is 0.492. The molecule has 4 rings (SSSR count). The van der Waals surface area contributed by atoms with Crippen molar-refractivity contribution in [2.45, 2.75) is 71.3 Å². The number of ketones is 1. The van der Waals surface area contributed by atoms with Crippen LogP contribution in [0.15, 0.2) is 52.6 Å². The van der Waals surface area contributed by atoms with E-state index in [4.69, 9.17) is 0 Å². The summed E-state index contributed by atoms with van der Waals surface area (Å²) < 4.78 is 0. The molecule has 0 bridgehead atoms. The molecule has 3 aliphatic rings. The molecule has 2 atom stereocenters. The fourth-order valence-corrected chi connectivity index (χ4v) is 5.06. The van der Waals surface area contributed by atoms with Crippen LogP contribution in [0, 0.1) is 17.3 Å². The number of hydrogen-bond donors (Lipinski definition) is 1. The predicted octanol–water partition coefficient (Wildman–Crippen LogP) is 5.76. The zero-order valence-electron chi connectivity index (χ0n) is 17.6. The molecule has 1 fully saturated rings. The summed E-state index contributed by atoms with van der Waals surface area (Å²) in [4.78, 5) is 12.9. The zero-order valence-corrected chi connectivity index (χ0v) is 17.6. The smallest absolute Gasteiger partial charge is 0.184 e. The van der Waals surface area contributed by atoms with Crippen molar-refractivity contribution in [3.8, 4) is 11.8 Å². The Kier molecular flexibility index (Phi) is 5.61. The predicted molar refractivity (Wildman–Crippen MR) is 118 cm³/mol. The van der Waals surface area contributed by atoms with E-state index in [2.05, 4.69) is 24.8 Å². The molecule has 1 aromatic rings. The van der Waals surface area contributed by atoms with Gasteiger partial charge in [-0.05, 0) is 93.2 Å². The van der Waals surface area contributed by atoms with Gasteiger partial charge in [0.25, 0.3) is 0 Å². The number of aliphatic hydroxyl groups is 1. The van der Waals surface area contributed by atoms with E-state index < -0.39 is 0 Å². The summed E-state index contributed by atoms with van der Waals surface area (Å²) in [5.41, 5.74) is 5.78. The highest BCUT2D eigenvalue weighted by molar-refractivity contribution is 6.12. The second-order valence-corrected chi connectivity index (χ2v) is 8.95. The van der Waals surface area contributed by atoms with Crippen molar-refractivity contribution < 1.29 is 9.90 Å². The van der Waals surface area contributed by atoms with Crippen LogP contribution >= 0.6 is 0 Å². The van der Waals surface area contributed by atoms with Crippen LogP contribution in [0.5, 0.6) is 0 Å². The fourth-order valence-electron chi connectivity index (χ4n) is 5.06. The Bertz CT molecular complexity index is 962. The minimum atomic E-state index is -0.371. The number of aliphatic hydroxyl groups excluding tert-OH is 1. The number of Topliss-reactive ketones (excluding diaryl/α,β-unsaturated/α-hetero) is 1. The van der Waals surface area contributed by atoms with Crippen molar-refractivity contribution in [3.05, 3.63) is 63.8 Å². The van der Waals surface area contributed by atoms with E-state index in [-0.39, 0.29) is 17.3 Å². The Balaban J connectivity index is 1.56. The molecule has 150 valence electrons. The van der Waals surface area contributed by atoms with E-state index in [1.807, 2.05) is 37.3 Å². The first-order valence-electron chi connectivity index (χ1n) is 10.9. The molecular weight excluding hydrogens is 356 g/mol. The monoisotopic (exact) mass is 386 g/mol. The maximum absolute atomic E-state index is 12.9. The average molecular weight is 387 g/mol. The summed E-state index contributed by atoms with van der Waals surface area (Å²) in [6.07, 6.45) is 12.0. The second-order valence-electron chi connectivity index (χ2n) is 8.95. The Morgan fingerprint density at radius 1 is 1.10 bits per heavy atom. The van der Waals surface area contributed by atoms with Gasteiger partial charge in [-0.3, -0.25) is 4.79 Å². The van der Waals surface area contributed by atoms with E-state index in [0.717, 1.165) is 54.4 Å². The number of rotatable bonds is 1. The lowest BCUT2D eigenvalue weighted by Crippen LogP contribution is -2.42. The van der Waals surface area contributed by atoms with Crippen LogP contribution in [0.1, 0.15) is 76.3 Å². The molecule has 0 amide bonds. The van der Waals surface area contributed by atoms with Gasteiger partial charge in [-0.1, -0.05) is 42.5 Å². The molecule has 2 nitrogen and oxygen atoms in total. The number of allylic oxidation sites excluding steroid dienone is 4. The highest BCUT2D eigenvalue weighted by atomic mass is 16.3. The number of carbonyl (C=O) groups is 1. The molecule has 1 N–H and O–H groups in total. The topological polar surface area (TPSA) is 37.3 Å². The Labute approximate surface area is 174 Å². The van der Waals surface area contributed by atoms with Gasteiger partial charge < -0.3 is 5.11 Å². The van der Waals surface area contributed by atoms with E-state index in [9.17, 15) is 9.90 Å². The number of hydrogen-bond acceptors (Lipinski definition) is 2. The van der Waals surface area contributed by atoms with Crippen LogP contribution in [-0.2, 0) is 4.79 Å². The van der Waals surface area contributed by atoms with Gasteiger partial charge >= 0.3 is 0 Å². The van der Waals surface area contributed by atoms with Crippen molar-refractivity contribution in [2.75, 3.05) is 0 Å². The minimum absolute atomic E-state index is 0.139. The van der Waals surface area contributed by atoms with E-state index >= 15 is 0 Å². The molecule has 0 heterocycles. The molecule has 0 saturated heterocycles. The van der Waals surface area contributed by atoms with Crippen molar-refractivity contribution in [1.29, 1.82) is 0 Å². The minimum Gasteiger partial charge on any atom is -0.392 e. The summed E-state index contributed by atoms with van der Waals surface area (Å²) in [7, 11) is 0. The zero-order chi connectivity index (χ0) is 20.4. The van der Waals surface area contributed by atoms with E-state index in [1.165, 1.54) is 24.0 Å². The molecule has 3 aliphatic carbocycles. The molecule has 0 radical (unpaired) electrons. The summed E-state index contributed by atoms with van der Waals surface area (Å²) in [6.45, 7) is 4.05. The Morgan fingerprint density at radius 2 is 1.90 bits per heavy atom. The van der Waals surface area contributed by atoms with Gasteiger partial charge in [-0.2, -0.15) is 0 Å². The third-order valence-corrected chi connectivity index (χ3v) is 6.88. The number of benzene rings is 1. The van der Waals surface area contributed by atoms with Crippen molar-refractivity contribution in [2.24, 2.45) is 5.41 Å². The first kappa shape index (κ1) is 19.9. The van der Waals surface area contributed by atoms with Crippen LogP contribution in [-0.4, -0.2) is 17.0 Å². The van der Waals surface area contributed by atoms with Crippen molar-refractivity contribution >= 4 is 11.9 Å². The molecule has 29 heavy (non-hydrogen) atoms. The van der Waals surface area contributed by atoms with Gasteiger partial charge in [0.2, 0.25) is 0 Å². The summed E-state index contributed by atoms with van der Waals surface area (Å²) in [6, 6.07) is 8.13. The molecular formula is C27H30O2. The number of fused-ring (bicyclic) bond motifs is 1. The average Bonchev–Trinajstić information content (AvgIpc) is 2.74. The lowest BCUT2D eigenvalue weighted by molar-refractivity contribution is -0.113. The van der Waals surface area contributed by atoms with Gasteiger partial charge in [0.05, 0.1) is 6.10 Å². The molecule has 1 saturated carbocycles. The summed E-state index contributed by atoms with van der Waals surface area (Å²) in [5, 5.41) is 10.7. The van der Waals surface area contributed by atoms with Gasteiger partial charge in [-0.25, -0.2) is 0 Å². The summed E-state index contributed by atoms with van der Waals surface area (Å²) >= 11 is 0. The van der Waals surface area contributed by atoms with E-state index in [0.29, 0.717) is 6.42 Å². The van der Waals surface area contributed by atoms with Crippen LogP contribution in [0.4, 0.5) is 0 Å². The third kappa shape index (κ3) is 4.02. The molecule has 0 aromatic heterocycles. The first-order chi connectivity index (χ1) is 14.0. The van der Waals surface area contributed by atoms with Gasteiger partial charge in [0, 0.05) is 16.6 Å². The highest BCUT2D eigenvalue weighted by Crippen LogP contribution is 2.50. The van der Waals surface area contributed by atoms with Gasteiger partial charge in [0.15, 0.2) is 5.78 Å². The molecule has 0 unspecified atom stereocenters. The fraction of sp³-hybridized carbons (Fsp3) is 0.444. The van der Waals surface area contributed by atoms with Crippen molar-refractivity contribution in [1.82, 2.24) is 0 Å². The van der Waals surface area contributed by atoms with Crippen LogP contribution in [0.3, 0.4) is 0 Å². The highest BCUT2D eigenvalue weighted by Gasteiger charge is 2.45. The lowest BCUT2D eigenvalue weighted by atomic mass is 9.61. The molecule has 1 aromatic carbocycles. The van der Waals surface area contributed by atoms with Gasteiger partial charge in [0.1, 0.15) is 0 Å². The Hall–Kier alpha value is -2.37. The third-order valence-electron chi connectivity index (χ3n) is 6.88. The normalized spacial score (nSPS) is 28.5. The van der Waals surface area contributed by atoms with Crippen LogP contribution in [0.25, 0.3) is 6.08 Å². The Morgan fingerprint density at radius 3 is 2.62 bits per heavy atom. The van der Waals surface area contributed by atoms with Gasteiger partial charge in [-0.15, -0.1) is 0 Å². The largest absolute Gasteiger partial charge is 0.392 e. The summed E-state index contributed by atoms with van der Waals surface area (Å²) in [5.74, 6) is 6.70. The number of carbonyl (C=O) groups excluding carboxylic acids is 1. The van der Waals surface area contributed by atoms with Crippen LogP contribution in [0.2, 0.25) is 0 Å². The molecule has 2 heteroatoms. The van der Waals surface area contributed by atoms with Crippen LogP contribution < -0.4 is 0 Å². The standard InChI is InChI=1S/C27H30O2/c1-19-24-9-6-10-25(28)27(24,2)18-23(26(19)29)17-22-15-13-21(14-16-22)12-11-20-7-4-3-5-8-20/h7,13-17,25,28H,3-6,8-10,18H2,1-2H3/b23-17+/t25-,27-/m0/s1. The lowest BCUT2D eigenvalue weighted by Gasteiger charge is -2.45. The maximum Gasteiger partial charge on any atom is 0.184 e. The molecule has 0 spiro atoms. The van der Waals surface area contributed by atoms with Crippen molar-refractivity contribution in [3.63, 3.8) is 0 Å².